The molecule has 2 aromatic rings. The SMILES string of the molecule is COC(=O)c1nnn(Cc2nnc(C)o2)c1CCN. The van der Waals surface area contributed by atoms with Crippen molar-refractivity contribution in [3.05, 3.63) is 23.2 Å². The van der Waals surface area contributed by atoms with Crippen molar-refractivity contribution in [1.82, 2.24) is 25.2 Å². The van der Waals surface area contributed by atoms with Crippen LogP contribution in [0.4, 0.5) is 0 Å². The molecule has 0 bridgehead atoms. The average Bonchev–Trinajstić information content (AvgIpc) is 2.97. The minimum Gasteiger partial charge on any atom is -0.464 e. The zero-order chi connectivity index (χ0) is 13.8. The molecule has 102 valence electrons. The fourth-order valence-corrected chi connectivity index (χ4v) is 1.63. The van der Waals surface area contributed by atoms with Crippen LogP contribution >= 0.6 is 0 Å². The Hall–Kier alpha value is -2.29. The van der Waals surface area contributed by atoms with E-state index >= 15 is 0 Å². The van der Waals surface area contributed by atoms with E-state index < -0.39 is 5.97 Å². The van der Waals surface area contributed by atoms with E-state index in [4.69, 9.17) is 10.2 Å². The molecule has 2 N–H and O–H groups in total. The summed E-state index contributed by atoms with van der Waals surface area (Å²) in [6.07, 6.45) is 0.449. The highest BCUT2D eigenvalue weighted by molar-refractivity contribution is 5.88. The van der Waals surface area contributed by atoms with Gasteiger partial charge in [-0.05, 0) is 6.54 Å². The van der Waals surface area contributed by atoms with E-state index in [1.165, 1.54) is 11.8 Å². The third-order valence-electron chi connectivity index (χ3n) is 2.45. The number of nitrogens with zero attached hydrogens (tertiary/aromatic N) is 5. The van der Waals surface area contributed by atoms with Crippen molar-refractivity contribution in [1.29, 1.82) is 0 Å². The standard InChI is InChI=1S/C10H14N6O3/c1-6-12-13-8(19-6)5-16-7(3-4-11)9(14-15-16)10(17)18-2/h3-5,11H2,1-2H3. The summed E-state index contributed by atoms with van der Waals surface area (Å²) in [4.78, 5) is 11.5. The van der Waals surface area contributed by atoms with Gasteiger partial charge in [-0.3, -0.25) is 0 Å². The molecule has 0 aliphatic heterocycles. The van der Waals surface area contributed by atoms with Crippen molar-refractivity contribution in [3.8, 4) is 0 Å². The molecule has 0 spiro atoms. The van der Waals surface area contributed by atoms with Gasteiger partial charge in [-0.2, -0.15) is 0 Å². The van der Waals surface area contributed by atoms with Crippen LogP contribution in [0.15, 0.2) is 4.42 Å². The molecule has 0 unspecified atom stereocenters. The van der Waals surface area contributed by atoms with Crippen LogP contribution in [-0.4, -0.2) is 44.8 Å². The summed E-state index contributed by atoms with van der Waals surface area (Å²) in [7, 11) is 1.29. The van der Waals surface area contributed by atoms with Crippen LogP contribution < -0.4 is 5.73 Å². The average molecular weight is 266 g/mol. The molecular weight excluding hydrogens is 252 g/mol. The molecule has 2 heterocycles. The van der Waals surface area contributed by atoms with Gasteiger partial charge in [-0.15, -0.1) is 15.3 Å². The van der Waals surface area contributed by atoms with Gasteiger partial charge in [0.15, 0.2) is 5.69 Å². The van der Waals surface area contributed by atoms with Gasteiger partial charge in [0.05, 0.1) is 12.8 Å². The number of esters is 1. The molecule has 2 aromatic heterocycles. The Kier molecular flexibility index (Phi) is 3.85. The second-order valence-corrected chi connectivity index (χ2v) is 3.79. The second kappa shape index (κ2) is 5.57. The van der Waals surface area contributed by atoms with E-state index in [0.717, 1.165) is 0 Å². The molecule has 0 saturated heterocycles. The maximum atomic E-state index is 11.5. The van der Waals surface area contributed by atoms with E-state index in [1.807, 2.05) is 0 Å². The summed E-state index contributed by atoms with van der Waals surface area (Å²) in [5, 5.41) is 15.3. The lowest BCUT2D eigenvalue weighted by molar-refractivity contribution is 0.0592. The summed E-state index contributed by atoms with van der Waals surface area (Å²) in [5.74, 6) is 0.303. The third-order valence-corrected chi connectivity index (χ3v) is 2.45. The zero-order valence-corrected chi connectivity index (χ0v) is 10.7. The molecule has 9 heteroatoms. The monoisotopic (exact) mass is 266 g/mol. The quantitative estimate of drug-likeness (QED) is 0.705. The first-order chi connectivity index (χ1) is 9.15. The van der Waals surface area contributed by atoms with Crippen LogP contribution in [0.5, 0.6) is 0 Å². The van der Waals surface area contributed by atoms with Crippen molar-refractivity contribution < 1.29 is 13.9 Å². The van der Waals surface area contributed by atoms with Crippen LogP contribution in [0.25, 0.3) is 0 Å². The van der Waals surface area contributed by atoms with Gasteiger partial charge in [-0.1, -0.05) is 5.21 Å². The lowest BCUT2D eigenvalue weighted by Crippen LogP contribution is -2.15. The van der Waals surface area contributed by atoms with Crippen LogP contribution in [-0.2, 0) is 17.7 Å². The number of aromatic nitrogens is 5. The predicted octanol–water partition coefficient (Wildman–Crippen LogP) is -0.694. The van der Waals surface area contributed by atoms with Gasteiger partial charge in [0.2, 0.25) is 11.8 Å². The minimum atomic E-state index is -0.545. The highest BCUT2D eigenvalue weighted by Gasteiger charge is 2.20. The number of carbonyl (C=O) groups is 1. The molecule has 2 rings (SSSR count). The Morgan fingerprint density at radius 1 is 1.42 bits per heavy atom. The molecule has 0 amide bonds. The molecular formula is C10H14N6O3. The Balaban J connectivity index is 2.29. The summed E-state index contributed by atoms with van der Waals surface area (Å²) in [6, 6.07) is 0. The number of ether oxygens (including phenoxy) is 1. The lowest BCUT2D eigenvalue weighted by Gasteiger charge is -2.03. The fourth-order valence-electron chi connectivity index (χ4n) is 1.63. The molecule has 0 aromatic carbocycles. The van der Waals surface area contributed by atoms with Crippen LogP contribution in [0.1, 0.15) is 28.0 Å². The van der Waals surface area contributed by atoms with Crippen LogP contribution in [0.3, 0.4) is 0 Å². The highest BCUT2D eigenvalue weighted by Crippen LogP contribution is 2.10. The Morgan fingerprint density at radius 2 is 2.21 bits per heavy atom. The molecule has 0 aliphatic carbocycles. The number of hydrogen-bond donors (Lipinski definition) is 1. The lowest BCUT2D eigenvalue weighted by atomic mass is 10.2. The summed E-state index contributed by atoms with van der Waals surface area (Å²) < 4.78 is 11.4. The van der Waals surface area contributed by atoms with E-state index in [1.54, 1.807) is 6.92 Å². The summed E-state index contributed by atoms with van der Waals surface area (Å²) in [5.41, 5.74) is 6.27. The number of aryl methyl sites for hydroxylation is 1. The maximum absolute atomic E-state index is 11.5. The largest absolute Gasteiger partial charge is 0.464 e. The fraction of sp³-hybridized carbons (Fsp3) is 0.500. The van der Waals surface area contributed by atoms with E-state index in [2.05, 4.69) is 25.2 Å². The molecule has 9 nitrogen and oxygen atoms in total. The van der Waals surface area contributed by atoms with E-state index in [9.17, 15) is 4.79 Å². The summed E-state index contributed by atoms with van der Waals surface area (Å²) >= 11 is 0. The highest BCUT2D eigenvalue weighted by atomic mass is 16.5. The van der Waals surface area contributed by atoms with Crippen molar-refractivity contribution in [3.63, 3.8) is 0 Å². The molecule has 0 fully saturated rings. The second-order valence-electron chi connectivity index (χ2n) is 3.79. The predicted molar refractivity (Wildman–Crippen MR) is 62.3 cm³/mol. The first-order valence-corrected chi connectivity index (χ1v) is 5.65. The first kappa shape index (κ1) is 13.1. The Bertz CT molecular complexity index is 576. The van der Waals surface area contributed by atoms with Crippen molar-refractivity contribution in [2.75, 3.05) is 13.7 Å². The molecule has 0 saturated carbocycles. The molecule has 0 aliphatic rings. The summed E-state index contributed by atoms with van der Waals surface area (Å²) in [6.45, 7) is 2.29. The third kappa shape index (κ3) is 2.76. The number of methoxy groups -OCH3 is 1. The first-order valence-electron chi connectivity index (χ1n) is 5.65. The normalized spacial score (nSPS) is 10.7. The smallest absolute Gasteiger partial charge is 0.360 e. The van der Waals surface area contributed by atoms with Gasteiger partial charge in [0, 0.05) is 13.3 Å². The van der Waals surface area contributed by atoms with Crippen molar-refractivity contribution in [2.24, 2.45) is 5.73 Å². The Morgan fingerprint density at radius 3 is 2.79 bits per heavy atom. The molecule has 0 radical (unpaired) electrons. The van der Waals surface area contributed by atoms with Crippen molar-refractivity contribution >= 4 is 5.97 Å². The van der Waals surface area contributed by atoms with Gasteiger partial charge in [0.1, 0.15) is 6.54 Å². The van der Waals surface area contributed by atoms with Gasteiger partial charge in [0.25, 0.3) is 0 Å². The van der Waals surface area contributed by atoms with Crippen LogP contribution in [0.2, 0.25) is 0 Å². The van der Waals surface area contributed by atoms with Gasteiger partial charge in [-0.25, -0.2) is 9.48 Å². The van der Waals surface area contributed by atoms with Gasteiger partial charge < -0.3 is 14.9 Å². The maximum Gasteiger partial charge on any atom is 0.360 e. The van der Waals surface area contributed by atoms with E-state index in [0.29, 0.717) is 30.4 Å². The number of rotatable bonds is 5. The van der Waals surface area contributed by atoms with Crippen LogP contribution in [0, 0.1) is 6.92 Å². The number of carbonyl (C=O) groups excluding carboxylic acids is 1. The topological polar surface area (TPSA) is 122 Å². The molecule has 19 heavy (non-hydrogen) atoms. The van der Waals surface area contributed by atoms with Crippen molar-refractivity contribution in [2.45, 2.75) is 19.9 Å². The Labute approximate surface area is 108 Å². The molecule has 0 atom stereocenters. The zero-order valence-electron chi connectivity index (χ0n) is 10.7. The van der Waals surface area contributed by atoms with Gasteiger partial charge >= 0.3 is 5.97 Å². The number of hydrogen-bond acceptors (Lipinski definition) is 8. The minimum absolute atomic E-state index is 0.157. The van der Waals surface area contributed by atoms with E-state index in [-0.39, 0.29) is 12.2 Å². The number of nitrogens with two attached hydrogens (primary N) is 1.